The van der Waals surface area contributed by atoms with Crippen LogP contribution >= 0.6 is 0 Å². The third-order valence-electron chi connectivity index (χ3n) is 5.49. The highest BCUT2D eigenvalue weighted by Crippen LogP contribution is 2.34. The zero-order chi connectivity index (χ0) is 23.3. The maximum absolute atomic E-state index is 12.7. The standard InChI is InChI=1S/C26H27N2O4S/c1-33(29,30)28(17-5-8-22(18-27)19-28)23-9-11-25(12-10-23)32-26-15-13-24(14-16-26)31-20-21-6-3-2-4-7-21/h2-16,19H,17-18,20,27H2,1H3/q+1. The van der Waals surface area contributed by atoms with Crippen molar-refractivity contribution >= 4 is 15.7 Å². The molecule has 0 fully saturated rings. The van der Waals surface area contributed by atoms with Gasteiger partial charge in [-0.2, -0.15) is 12.3 Å². The summed E-state index contributed by atoms with van der Waals surface area (Å²) >= 11 is 0. The van der Waals surface area contributed by atoms with Gasteiger partial charge in [-0.15, -0.1) is 0 Å². The molecule has 0 amide bonds. The second-order valence-electron chi connectivity index (χ2n) is 7.86. The van der Waals surface area contributed by atoms with Crippen LogP contribution < -0.4 is 19.1 Å². The van der Waals surface area contributed by atoms with E-state index in [0.29, 0.717) is 30.3 Å². The summed E-state index contributed by atoms with van der Waals surface area (Å²) < 4.78 is 36.9. The van der Waals surface area contributed by atoms with Gasteiger partial charge in [-0.3, -0.25) is 0 Å². The minimum absolute atomic E-state index is 0.276. The number of benzene rings is 3. The van der Waals surface area contributed by atoms with Crippen molar-refractivity contribution in [3.8, 4) is 17.2 Å². The summed E-state index contributed by atoms with van der Waals surface area (Å²) in [6.45, 7) is 1.09. The molecule has 0 saturated heterocycles. The summed E-state index contributed by atoms with van der Waals surface area (Å²) in [5.41, 5.74) is 8.27. The number of hydrogen-bond acceptors (Lipinski definition) is 5. The maximum atomic E-state index is 12.7. The van der Waals surface area contributed by atoms with Crippen molar-refractivity contribution in [3.63, 3.8) is 0 Å². The lowest BCUT2D eigenvalue weighted by Crippen LogP contribution is -2.50. The van der Waals surface area contributed by atoms with Gasteiger partial charge < -0.3 is 15.2 Å². The molecule has 0 radical (unpaired) electrons. The molecule has 0 aliphatic carbocycles. The molecule has 170 valence electrons. The Morgan fingerprint density at radius 3 is 2.09 bits per heavy atom. The van der Waals surface area contributed by atoms with Crippen LogP contribution in [0.5, 0.6) is 17.2 Å². The van der Waals surface area contributed by atoms with Crippen LogP contribution in [0.2, 0.25) is 0 Å². The van der Waals surface area contributed by atoms with Gasteiger partial charge in [-0.25, -0.2) is 0 Å². The minimum Gasteiger partial charge on any atom is -0.489 e. The molecule has 0 bridgehead atoms. The van der Waals surface area contributed by atoms with E-state index in [1.165, 1.54) is 6.26 Å². The summed E-state index contributed by atoms with van der Waals surface area (Å²) in [6.07, 6.45) is 6.66. The van der Waals surface area contributed by atoms with Crippen LogP contribution in [0.15, 0.2) is 103 Å². The summed E-state index contributed by atoms with van der Waals surface area (Å²) in [7, 11) is -3.49. The van der Waals surface area contributed by atoms with Crippen LogP contribution in [0.1, 0.15) is 5.56 Å². The van der Waals surface area contributed by atoms with Crippen LogP contribution in [0, 0.1) is 0 Å². The zero-order valence-electron chi connectivity index (χ0n) is 18.4. The Kier molecular flexibility index (Phi) is 6.65. The highest BCUT2D eigenvalue weighted by molar-refractivity contribution is 7.90. The van der Waals surface area contributed by atoms with Crippen LogP contribution in [-0.2, 0) is 16.6 Å². The van der Waals surface area contributed by atoms with Crippen LogP contribution in [0.3, 0.4) is 0 Å². The number of ether oxygens (including phenoxy) is 2. The monoisotopic (exact) mass is 463 g/mol. The Morgan fingerprint density at radius 2 is 1.48 bits per heavy atom. The third kappa shape index (κ3) is 5.17. The molecule has 0 aromatic heterocycles. The number of hydrogen-bond donors (Lipinski definition) is 1. The molecular formula is C26H27N2O4S+. The predicted octanol–water partition coefficient (Wildman–Crippen LogP) is 4.74. The molecule has 0 spiro atoms. The maximum Gasteiger partial charge on any atom is 0.303 e. The van der Waals surface area contributed by atoms with E-state index in [4.69, 9.17) is 15.2 Å². The van der Waals surface area contributed by atoms with Crippen molar-refractivity contribution in [2.45, 2.75) is 6.61 Å². The van der Waals surface area contributed by atoms with Crippen molar-refractivity contribution in [2.24, 2.45) is 5.73 Å². The number of nitrogens with zero attached hydrogens (tertiary/aromatic N) is 1. The SMILES string of the molecule is CS(=O)(=O)[N+]1(c2ccc(Oc3ccc(OCc4ccccc4)cc3)cc2)C=C(CN)C=CC1. The van der Waals surface area contributed by atoms with Crippen molar-refractivity contribution in [1.82, 2.24) is 3.89 Å². The first-order chi connectivity index (χ1) is 15.9. The third-order valence-corrected chi connectivity index (χ3v) is 7.14. The first kappa shape index (κ1) is 22.8. The molecular weight excluding hydrogens is 436 g/mol. The highest BCUT2D eigenvalue weighted by atomic mass is 32.2. The van der Waals surface area contributed by atoms with Crippen molar-refractivity contribution in [1.29, 1.82) is 0 Å². The molecule has 6 nitrogen and oxygen atoms in total. The molecule has 4 rings (SSSR count). The fraction of sp³-hybridized carbons (Fsp3) is 0.154. The van der Waals surface area contributed by atoms with Crippen LogP contribution in [-0.4, -0.2) is 27.8 Å². The molecule has 3 aromatic carbocycles. The fourth-order valence-electron chi connectivity index (χ4n) is 3.69. The van der Waals surface area contributed by atoms with E-state index in [0.717, 1.165) is 16.9 Å². The van der Waals surface area contributed by atoms with Crippen molar-refractivity contribution in [3.05, 3.63) is 108 Å². The van der Waals surface area contributed by atoms with Crippen molar-refractivity contribution in [2.75, 3.05) is 19.3 Å². The van der Waals surface area contributed by atoms with Gasteiger partial charge in [0.1, 0.15) is 36.6 Å². The summed E-state index contributed by atoms with van der Waals surface area (Å²) in [4.78, 5) is 0. The normalized spacial score (nSPS) is 17.9. The van der Waals surface area contributed by atoms with E-state index in [9.17, 15) is 8.42 Å². The van der Waals surface area contributed by atoms with Crippen LogP contribution in [0.4, 0.5) is 5.69 Å². The second-order valence-corrected chi connectivity index (χ2v) is 9.98. The van der Waals surface area contributed by atoms with E-state index < -0.39 is 10.0 Å². The molecule has 0 saturated carbocycles. The lowest BCUT2D eigenvalue weighted by molar-refractivity contribution is 0.306. The number of nitrogens with two attached hydrogens (primary N) is 1. The Balaban J connectivity index is 1.46. The van der Waals surface area contributed by atoms with Gasteiger partial charge in [0.25, 0.3) is 0 Å². The Morgan fingerprint density at radius 1 is 0.879 bits per heavy atom. The Hall–Kier alpha value is -3.39. The summed E-state index contributed by atoms with van der Waals surface area (Å²) in [5.74, 6) is 2.02. The minimum atomic E-state index is -3.49. The average Bonchev–Trinajstić information content (AvgIpc) is 2.84. The van der Waals surface area contributed by atoms with E-state index in [2.05, 4.69) is 0 Å². The number of quaternary nitrogens is 1. The smallest absolute Gasteiger partial charge is 0.303 e. The molecule has 1 aliphatic rings. The predicted molar refractivity (Wildman–Crippen MR) is 132 cm³/mol. The fourth-order valence-corrected chi connectivity index (χ4v) is 4.88. The van der Waals surface area contributed by atoms with E-state index in [-0.39, 0.29) is 10.4 Å². The molecule has 7 heteroatoms. The quantitative estimate of drug-likeness (QED) is 0.488. The van der Waals surface area contributed by atoms with Gasteiger partial charge in [0.05, 0.1) is 6.26 Å². The number of rotatable bonds is 8. The van der Waals surface area contributed by atoms with Gasteiger partial charge in [0.15, 0.2) is 5.69 Å². The van der Waals surface area contributed by atoms with E-state index in [1.807, 2.05) is 66.7 Å². The topological polar surface area (TPSA) is 78.6 Å². The molecule has 1 atom stereocenters. The largest absolute Gasteiger partial charge is 0.489 e. The van der Waals surface area contributed by atoms with E-state index >= 15 is 0 Å². The molecule has 33 heavy (non-hydrogen) atoms. The lowest BCUT2D eigenvalue weighted by atomic mass is 10.2. The van der Waals surface area contributed by atoms with Crippen LogP contribution in [0.25, 0.3) is 0 Å². The zero-order valence-corrected chi connectivity index (χ0v) is 19.2. The Labute approximate surface area is 194 Å². The van der Waals surface area contributed by atoms with Gasteiger partial charge in [0.2, 0.25) is 0 Å². The molecule has 3 aromatic rings. The first-order valence-electron chi connectivity index (χ1n) is 10.6. The molecule has 1 heterocycles. The molecule has 1 unspecified atom stereocenters. The molecule has 1 aliphatic heterocycles. The summed E-state index contributed by atoms with van der Waals surface area (Å²) in [6, 6.07) is 24.5. The van der Waals surface area contributed by atoms with Gasteiger partial charge in [-0.05, 0) is 48.0 Å². The average molecular weight is 464 g/mol. The van der Waals surface area contributed by atoms with Gasteiger partial charge in [-0.1, -0.05) is 36.4 Å². The van der Waals surface area contributed by atoms with E-state index in [1.54, 1.807) is 30.5 Å². The highest BCUT2D eigenvalue weighted by Gasteiger charge is 2.40. The van der Waals surface area contributed by atoms with Gasteiger partial charge >= 0.3 is 10.0 Å². The number of sulfonamides is 1. The summed E-state index contributed by atoms with van der Waals surface area (Å²) in [5, 5.41) is 0. The lowest BCUT2D eigenvalue weighted by Gasteiger charge is -2.33. The second kappa shape index (κ2) is 9.62. The Bertz CT molecular complexity index is 1250. The first-order valence-corrected chi connectivity index (χ1v) is 12.5. The molecule has 2 N–H and O–H groups in total. The van der Waals surface area contributed by atoms with Gasteiger partial charge in [0, 0.05) is 24.3 Å². The van der Waals surface area contributed by atoms with Crippen molar-refractivity contribution < 1.29 is 17.9 Å².